The molecule has 5 nitrogen and oxygen atoms in total. The van der Waals surface area contributed by atoms with Crippen molar-refractivity contribution in [1.82, 2.24) is 9.78 Å². The fourth-order valence-corrected chi connectivity index (χ4v) is 2.89. The lowest BCUT2D eigenvalue weighted by Crippen LogP contribution is -2.12. The molecule has 0 unspecified atom stereocenters. The summed E-state index contributed by atoms with van der Waals surface area (Å²) in [6, 6.07) is 12.3. The third-order valence-electron chi connectivity index (χ3n) is 3.77. The molecule has 134 valence electrons. The number of amides is 1. The van der Waals surface area contributed by atoms with Crippen LogP contribution in [0.3, 0.4) is 0 Å². The first-order valence-corrected chi connectivity index (χ1v) is 8.66. The van der Waals surface area contributed by atoms with E-state index in [4.69, 9.17) is 27.9 Å². The molecule has 0 aliphatic carbocycles. The molecule has 1 amide bonds. The first-order valence-electron chi connectivity index (χ1n) is 7.91. The topological polar surface area (TPSA) is 56.2 Å². The zero-order chi connectivity index (χ0) is 18.7. The van der Waals surface area contributed by atoms with Crippen molar-refractivity contribution in [2.24, 2.45) is 7.05 Å². The Balaban J connectivity index is 1.62. The van der Waals surface area contributed by atoms with E-state index in [9.17, 15) is 4.79 Å². The number of aryl methyl sites for hydroxylation is 2. The van der Waals surface area contributed by atoms with Gasteiger partial charge in [0.25, 0.3) is 5.91 Å². The number of aromatic nitrogens is 2. The third-order valence-corrected chi connectivity index (χ3v) is 4.30. The Morgan fingerprint density at radius 1 is 1.19 bits per heavy atom. The van der Waals surface area contributed by atoms with Gasteiger partial charge in [-0.2, -0.15) is 5.10 Å². The maximum Gasteiger partial charge on any atom is 0.255 e. The van der Waals surface area contributed by atoms with E-state index in [0.29, 0.717) is 33.7 Å². The van der Waals surface area contributed by atoms with Crippen molar-refractivity contribution in [2.45, 2.75) is 13.5 Å². The van der Waals surface area contributed by atoms with E-state index in [1.54, 1.807) is 41.2 Å². The monoisotopic (exact) mass is 389 g/mol. The highest BCUT2D eigenvalue weighted by atomic mass is 35.5. The highest BCUT2D eigenvalue weighted by Gasteiger charge is 2.10. The van der Waals surface area contributed by atoms with Gasteiger partial charge < -0.3 is 10.1 Å². The molecular weight excluding hydrogens is 373 g/mol. The second-order valence-corrected chi connectivity index (χ2v) is 6.66. The van der Waals surface area contributed by atoms with Crippen LogP contribution in [0, 0.1) is 6.92 Å². The van der Waals surface area contributed by atoms with Gasteiger partial charge in [0.1, 0.15) is 12.4 Å². The molecule has 3 aromatic rings. The standard InChI is InChI=1S/C19H17Cl2N3O2/c1-12-17(10-24(2)23-12)22-19(25)14-5-3-13(4-6-14)11-26-18-8-7-15(20)9-16(18)21/h3-10H,11H2,1-2H3,(H,22,25). The number of carbonyl (C=O) groups excluding carboxylic acids is 1. The van der Waals surface area contributed by atoms with E-state index < -0.39 is 0 Å². The predicted octanol–water partition coefficient (Wildman–Crippen LogP) is 4.87. The summed E-state index contributed by atoms with van der Waals surface area (Å²) in [5.74, 6) is 0.374. The van der Waals surface area contributed by atoms with Gasteiger partial charge in [-0.3, -0.25) is 9.48 Å². The van der Waals surface area contributed by atoms with Gasteiger partial charge in [-0.25, -0.2) is 0 Å². The molecule has 0 fully saturated rings. The SMILES string of the molecule is Cc1nn(C)cc1NC(=O)c1ccc(COc2ccc(Cl)cc2Cl)cc1. The minimum absolute atomic E-state index is 0.186. The third kappa shape index (κ3) is 4.36. The Morgan fingerprint density at radius 3 is 2.54 bits per heavy atom. The molecule has 0 saturated carbocycles. The van der Waals surface area contributed by atoms with Crippen molar-refractivity contribution in [3.63, 3.8) is 0 Å². The van der Waals surface area contributed by atoms with Crippen LogP contribution in [0.25, 0.3) is 0 Å². The number of benzene rings is 2. The molecule has 0 aliphatic rings. The van der Waals surface area contributed by atoms with Gasteiger partial charge in [-0.05, 0) is 42.8 Å². The molecular formula is C19H17Cl2N3O2. The highest BCUT2D eigenvalue weighted by Crippen LogP contribution is 2.28. The number of ether oxygens (including phenoxy) is 1. The van der Waals surface area contributed by atoms with Crippen LogP contribution in [-0.2, 0) is 13.7 Å². The van der Waals surface area contributed by atoms with E-state index >= 15 is 0 Å². The minimum Gasteiger partial charge on any atom is -0.487 e. The van der Waals surface area contributed by atoms with E-state index in [-0.39, 0.29) is 5.91 Å². The number of hydrogen-bond acceptors (Lipinski definition) is 3. The number of halogens is 2. The Hall–Kier alpha value is -2.50. The minimum atomic E-state index is -0.186. The lowest BCUT2D eigenvalue weighted by atomic mass is 10.1. The molecule has 1 N–H and O–H groups in total. The molecule has 0 spiro atoms. The number of hydrogen-bond donors (Lipinski definition) is 1. The summed E-state index contributed by atoms with van der Waals surface area (Å²) in [7, 11) is 1.81. The van der Waals surface area contributed by atoms with Gasteiger partial charge >= 0.3 is 0 Å². The smallest absolute Gasteiger partial charge is 0.255 e. The second-order valence-electron chi connectivity index (χ2n) is 5.82. The van der Waals surface area contributed by atoms with Crippen molar-refractivity contribution in [2.75, 3.05) is 5.32 Å². The molecule has 0 aliphatic heterocycles. The summed E-state index contributed by atoms with van der Waals surface area (Å²) in [4.78, 5) is 12.3. The molecule has 26 heavy (non-hydrogen) atoms. The first kappa shape index (κ1) is 18.3. The zero-order valence-corrected chi connectivity index (χ0v) is 15.8. The molecule has 7 heteroatoms. The fourth-order valence-electron chi connectivity index (χ4n) is 2.42. The first-order chi connectivity index (χ1) is 12.4. The maximum absolute atomic E-state index is 12.3. The van der Waals surface area contributed by atoms with Gasteiger partial charge in [0.15, 0.2) is 0 Å². The average Bonchev–Trinajstić information content (AvgIpc) is 2.91. The molecule has 1 heterocycles. The quantitative estimate of drug-likeness (QED) is 0.677. The Bertz CT molecular complexity index is 936. The largest absolute Gasteiger partial charge is 0.487 e. The van der Waals surface area contributed by atoms with Crippen molar-refractivity contribution < 1.29 is 9.53 Å². The van der Waals surface area contributed by atoms with E-state index in [1.807, 2.05) is 26.1 Å². The summed E-state index contributed by atoms with van der Waals surface area (Å²) in [6.45, 7) is 2.18. The van der Waals surface area contributed by atoms with E-state index in [1.165, 1.54) is 0 Å². The molecule has 3 rings (SSSR count). The second kappa shape index (κ2) is 7.81. The van der Waals surface area contributed by atoms with Gasteiger partial charge in [-0.1, -0.05) is 35.3 Å². The molecule has 0 radical (unpaired) electrons. The molecule has 0 saturated heterocycles. The zero-order valence-electron chi connectivity index (χ0n) is 14.3. The summed E-state index contributed by atoms with van der Waals surface area (Å²) >= 11 is 12.0. The van der Waals surface area contributed by atoms with Crippen LogP contribution in [-0.4, -0.2) is 15.7 Å². The molecule has 1 aromatic heterocycles. The number of nitrogens with zero attached hydrogens (tertiary/aromatic N) is 2. The number of rotatable bonds is 5. The van der Waals surface area contributed by atoms with Crippen molar-refractivity contribution in [3.8, 4) is 5.75 Å². The Kier molecular flexibility index (Phi) is 5.49. The predicted molar refractivity (Wildman–Crippen MR) is 103 cm³/mol. The normalized spacial score (nSPS) is 10.6. The fraction of sp³-hybridized carbons (Fsp3) is 0.158. The summed E-state index contributed by atoms with van der Waals surface area (Å²) in [5, 5.41) is 8.07. The van der Waals surface area contributed by atoms with Crippen LogP contribution in [0.2, 0.25) is 10.0 Å². The maximum atomic E-state index is 12.3. The van der Waals surface area contributed by atoms with Crippen LogP contribution in [0.1, 0.15) is 21.6 Å². The molecule has 0 atom stereocenters. The molecule has 2 aromatic carbocycles. The lowest BCUT2D eigenvalue weighted by molar-refractivity contribution is 0.102. The van der Waals surface area contributed by atoms with E-state index in [0.717, 1.165) is 11.3 Å². The van der Waals surface area contributed by atoms with Crippen LogP contribution in [0.5, 0.6) is 5.75 Å². The summed E-state index contributed by atoms with van der Waals surface area (Å²) in [6.07, 6.45) is 1.77. The Morgan fingerprint density at radius 2 is 1.92 bits per heavy atom. The van der Waals surface area contributed by atoms with Crippen LogP contribution in [0.4, 0.5) is 5.69 Å². The van der Waals surface area contributed by atoms with Gasteiger partial charge in [-0.15, -0.1) is 0 Å². The highest BCUT2D eigenvalue weighted by molar-refractivity contribution is 6.35. The van der Waals surface area contributed by atoms with Crippen molar-refractivity contribution >= 4 is 34.8 Å². The summed E-state index contributed by atoms with van der Waals surface area (Å²) < 4.78 is 7.35. The van der Waals surface area contributed by atoms with Gasteiger partial charge in [0, 0.05) is 23.8 Å². The number of nitrogens with one attached hydrogen (secondary N) is 1. The summed E-state index contributed by atoms with van der Waals surface area (Å²) in [5.41, 5.74) is 2.94. The lowest BCUT2D eigenvalue weighted by Gasteiger charge is -2.09. The van der Waals surface area contributed by atoms with Gasteiger partial charge in [0.2, 0.25) is 0 Å². The number of carbonyl (C=O) groups is 1. The molecule has 0 bridgehead atoms. The van der Waals surface area contributed by atoms with Crippen molar-refractivity contribution in [3.05, 3.63) is 75.5 Å². The Labute approximate surface area is 161 Å². The van der Waals surface area contributed by atoms with E-state index in [2.05, 4.69) is 10.4 Å². The van der Waals surface area contributed by atoms with Crippen LogP contribution >= 0.6 is 23.2 Å². The van der Waals surface area contributed by atoms with Gasteiger partial charge in [0.05, 0.1) is 16.4 Å². The average molecular weight is 390 g/mol. The number of anilines is 1. The van der Waals surface area contributed by atoms with Crippen LogP contribution < -0.4 is 10.1 Å². The van der Waals surface area contributed by atoms with Crippen molar-refractivity contribution in [1.29, 1.82) is 0 Å². The van der Waals surface area contributed by atoms with Crippen LogP contribution in [0.15, 0.2) is 48.7 Å².